The van der Waals surface area contributed by atoms with Crippen LogP contribution in [0, 0.1) is 0 Å². The van der Waals surface area contributed by atoms with Gasteiger partial charge in [-0.3, -0.25) is 5.10 Å². The van der Waals surface area contributed by atoms with Crippen LogP contribution >= 0.6 is 0 Å². The van der Waals surface area contributed by atoms with Gasteiger partial charge < -0.3 is 5.73 Å². The van der Waals surface area contributed by atoms with Gasteiger partial charge >= 0.3 is 6.18 Å². The molecule has 1 fully saturated rings. The molecule has 0 amide bonds. The second kappa shape index (κ2) is 3.00. The van der Waals surface area contributed by atoms with Gasteiger partial charge in [-0.25, -0.2) is 0 Å². The van der Waals surface area contributed by atoms with E-state index < -0.39 is 17.4 Å². The molecule has 0 bridgehead atoms. The van der Waals surface area contributed by atoms with E-state index in [9.17, 15) is 13.2 Å². The summed E-state index contributed by atoms with van der Waals surface area (Å²) < 4.78 is 37.2. The summed E-state index contributed by atoms with van der Waals surface area (Å²) in [6, 6.07) is 1.07. The van der Waals surface area contributed by atoms with Crippen LogP contribution in [0.5, 0.6) is 0 Å². The first-order chi connectivity index (χ1) is 7.17. The van der Waals surface area contributed by atoms with Crippen molar-refractivity contribution in [3.8, 4) is 0 Å². The number of alkyl halides is 3. The van der Waals surface area contributed by atoms with Crippen LogP contribution in [0.3, 0.4) is 0 Å². The molecule has 6 heteroatoms. The first kappa shape index (κ1) is 11.4. The number of halogens is 3. The Morgan fingerprint density at radius 2 is 1.94 bits per heavy atom. The van der Waals surface area contributed by atoms with Gasteiger partial charge in [0.25, 0.3) is 0 Å². The van der Waals surface area contributed by atoms with Crippen LogP contribution in [-0.2, 0) is 11.6 Å². The Morgan fingerprint density at radius 1 is 1.38 bits per heavy atom. The van der Waals surface area contributed by atoms with Crippen molar-refractivity contribution in [3.05, 3.63) is 17.5 Å². The number of aromatic nitrogens is 2. The molecular formula is C10H14F3N3. The van der Waals surface area contributed by atoms with Crippen molar-refractivity contribution in [1.29, 1.82) is 0 Å². The maximum atomic E-state index is 12.4. The van der Waals surface area contributed by atoms with Crippen molar-refractivity contribution in [2.45, 2.75) is 43.8 Å². The summed E-state index contributed by atoms with van der Waals surface area (Å²) in [5.41, 5.74) is 4.70. The SMILES string of the molecule is CC(C)(N)C1(c2cc(C(F)(F)F)n[nH]2)CC1. The highest BCUT2D eigenvalue weighted by Crippen LogP contribution is 2.54. The van der Waals surface area contributed by atoms with E-state index in [1.54, 1.807) is 0 Å². The highest BCUT2D eigenvalue weighted by atomic mass is 19.4. The van der Waals surface area contributed by atoms with Crippen molar-refractivity contribution >= 4 is 0 Å². The van der Waals surface area contributed by atoms with Crippen molar-refractivity contribution in [2.75, 3.05) is 0 Å². The Balaban J connectivity index is 2.34. The van der Waals surface area contributed by atoms with E-state index in [1.165, 1.54) is 0 Å². The van der Waals surface area contributed by atoms with Gasteiger partial charge in [0.1, 0.15) is 0 Å². The fraction of sp³-hybridized carbons (Fsp3) is 0.700. The second-order valence-electron chi connectivity index (χ2n) is 4.97. The van der Waals surface area contributed by atoms with E-state index in [-0.39, 0.29) is 5.41 Å². The van der Waals surface area contributed by atoms with Gasteiger partial charge in [0.15, 0.2) is 5.69 Å². The fourth-order valence-corrected chi connectivity index (χ4v) is 2.10. The first-order valence-electron chi connectivity index (χ1n) is 5.09. The molecule has 2 rings (SSSR count). The van der Waals surface area contributed by atoms with Gasteiger partial charge in [0, 0.05) is 16.6 Å². The van der Waals surface area contributed by atoms with Crippen molar-refractivity contribution < 1.29 is 13.2 Å². The normalized spacial score (nSPS) is 19.9. The Bertz CT molecular complexity index is 396. The van der Waals surface area contributed by atoms with Crippen LogP contribution in [0.25, 0.3) is 0 Å². The molecule has 3 N–H and O–H groups in total. The summed E-state index contributed by atoms with van der Waals surface area (Å²) in [6.45, 7) is 3.65. The molecule has 0 spiro atoms. The summed E-state index contributed by atoms with van der Waals surface area (Å²) in [5.74, 6) is 0. The molecule has 0 aliphatic heterocycles. The molecule has 0 atom stereocenters. The summed E-state index contributed by atoms with van der Waals surface area (Å²) in [7, 11) is 0. The monoisotopic (exact) mass is 233 g/mol. The lowest BCUT2D eigenvalue weighted by Gasteiger charge is -2.29. The lowest BCUT2D eigenvalue weighted by atomic mass is 9.82. The largest absolute Gasteiger partial charge is 0.435 e. The lowest BCUT2D eigenvalue weighted by molar-refractivity contribution is -0.141. The minimum absolute atomic E-state index is 0.372. The summed E-state index contributed by atoms with van der Waals surface area (Å²) >= 11 is 0. The summed E-state index contributed by atoms with van der Waals surface area (Å²) in [4.78, 5) is 0. The number of hydrogen-bond donors (Lipinski definition) is 2. The third kappa shape index (κ3) is 1.61. The molecule has 3 nitrogen and oxygen atoms in total. The molecule has 1 aromatic heterocycles. The minimum atomic E-state index is -4.40. The topological polar surface area (TPSA) is 54.7 Å². The van der Waals surface area contributed by atoms with E-state index in [0.717, 1.165) is 18.9 Å². The lowest BCUT2D eigenvalue weighted by Crippen LogP contribution is -2.45. The molecule has 0 aromatic carbocycles. The second-order valence-corrected chi connectivity index (χ2v) is 4.97. The van der Waals surface area contributed by atoms with E-state index in [2.05, 4.69) is 10.2 Å². The van der Waals surface area contributed by atoms with Gasteiger partial charge in [-0.2, -0.15) is 18.3 Å². The van der Waals surface area contributed by atoms with Crippen molar-refractivity contribution in [1.82, 2.24) is 10.2 Å². The maximum Gasteiger partial charge on any atom is 0.435 e. The predicted octanol–water partition coefficient (Wildman–Crippen LogP) is 2.20. The molecule has 1 aromatic rings. The smallest absolute Gasteiger partial charge is 0.325 e. The van der Waals surface area contributed by atoms with Gasteiger partial charge in [0.2, 0.25) is 0 Å². The van der Waals surface area contributed by atoms with Crippen molar-refractivity contribution in [3.63, 3.8) is 0 Å². The quantitative estimate of drug-likeness (QED) is 0.822. The Morgan fingerprint density at radius 3 is 2.25 bits per heavy atom. The van der Waals surface area contributed by atoms with E-state index >= 15 is 0 Å². The molecule has 1 aliphatic rings. The first-order valence-corrected chi connectivity index (χ1v) is 5.09. The number of nitrogens with two attached hydrogens (primary N) is 1. The predicted molar refractivity (Wildman–Crippen MR) is 52.8 cm³/mol. The minimum Gasteiger partial charge on any atom is -0.325 e. The van der Waals surface area contributed by atoms with Crippen LogP contribution in [0.1, 0.15) is 38.1 Å². The maximum absolute atomic E-state index is 12.4. The molecule has 0 unspecified atom stereocenters. The van der Waals surface area contributed by atoms with Crippen LogP contribution in [0.15, 0.2) is 6.07 Å². The zero-order chi connectivity index (χ0) is 12.2. The van der Waals surface area contributed by atoms with Crippen LogP contribution < -0.4 is 5.73 Å². The molecule has 1 saturated carbocycles. The Kier molecular flexibility index (Phi) is 2.15. The Labute approximate surface area is 91.2 Å². The molecule has 90 valence electrons. The zero-order valence-electron chi connectivity index (χ0n) is 9.15. The number of rotatable bonds is 2. The van der Waals surface area contributed by atoms with Gasteiger partial charge in [-0.15, -0.1) is 0 Å². The molecule has 1 heterocycles. The van der Waals surface area contributed by atoms with Crippen LogP contribution in [0.4, 0.5) is 13.2 Å². The number of nitrogens with zero attached hydrogens (tertiary/aromatic N) is 1. The number of aromatic amines is 1. The number of H-pyrrole nitrogens is 1. The van der Waals surface area contributed by atoms with Gasteiger partial charge in [-0.1, -0.05) is 0 Å². The molecule has 0 radical (unpaired) electrons. The van der Waals surface area contributed by atoms with E-state index in [4.69, 9.17) is 5.73 Å². The highest BCUT2D eigenvalue weighted by Gasteiger charge is 2.55. The third-order valence-electron chi connectivity index (χ3n) is 3.37. The third-order valence-corrected chi connectivity index (χ3v) is 3.37. The molecule has 0 saturated heterocycles. The zero-order valence-corrected chi connectivity index (χ0v) is 9.15. The standard InChI is InChI=1S/C10H14F3N3/c1-8(2,14)9(3-4-9)6-5-7(16-15-6)10(11,12)13/h5H,3-4,14H2,1-2H3,(H,15,16). The van der Waals surface area contributed by atoms with E-state index in [0.29, 0.717) is 5.69 Å². The summed E-state index contributed by atoms with van der Waals surface area (Å²) in [5, 5.41) is 5.77. The molecular weight excluding hydrogens is 219 g/mol. The number of hydrogen-bond acceptors (Lipinski definition) is 2. The van der Waals surface area contributed by atoms with Gasteiger partial charge in [-0.05, 0) is 32.8 Å². The number of nitrogens with one attached hydrogen (secondary N) is 1. The van der Waals surface area contributed by atoms with E-state index in [1.807, 2.05) is 13.8 Å². The fourth-order valence-electron chi connectivity index (χ4n) is 2.10. The average molecular weight is 233 g/mol. The van der Waals surface area contributed by atoms with Crippen LogP contribution in [0.2, 0.25) is 0 Å². The average Bonchev–Trinajstić information content (AvgIpc) is 2.75. The highest BCUT2D eigenvalue weighted by molar-refractivity contribution is 5.32. The van der Waals surface area contributed by atoms with Gasteiger partial charge in [0.05, 0.1) is 0 Å². The van der Waals surface area contributed by atoms with Crippen LogP contribution in [-0.4, -0.2) is 15.7 Å². The molecule has 16 heavy (non-hydrogen) atoms. The summed E-state index contributed by atoms with van der Waals surface area (Å²) in [6.07, 6.45) is -2.80. The molecule has 1 aliphatic carbocycles. The Hall–Kier alpha value is -1.04. The van der Waals surface area contributed by atoms with Crippen molar-refractivity contribution in [2.24, 2.45) is 5.73 Å².